The fraction of sp³-hybridized carbons (Fsp3) is 0.333. The van der Waals surface area contributed by atoms with Gasteiger partial charge in [0.15, 0.2) is 17.3 Å². The van der Waals surface area contributed by atoms with Crippen molar-refractivity contribution in [2.24, 2.45) is 0 Å². The van der Waals surface area contributed by atoms with Crippen LogP contribution in [0.3, 0.4) is 0 Å². The number of hydrogen-bond donors (Lipinski definition) is 2. The molecule has 0 spiro atoms. The Hall–Kier alpha value is -3.23. The summed E-state index contributed by atoms with van der Waals surface area (Å²) in [6, 6.07) is 1.90. The van der Waals surface area contributed by atoms with Gasteiger partial charge in [0.1, 0.15) is 5.56 Å². The van der Waals surface area contributed by atoms with Crippen LogP contribution in [0.5, 0.6) is 0 Å². The Kier molecular flexibility index (Phi) is 4.57. The van der Waals surface area contributed by atoms with E-state index in [0.29, 0.717) is 5.69 Å². The summed E-state index contributed by atoms with van der Waals surface area (Å²) in [6.45, 7) is 1.87. The van der Waals surface area contributed by atoms with Gasteiger partial charge in [0.25, 0.3) is 5.91 Å². The van der Waals surface area contributed by atoms with Crippen molar-refractivity contribution in [1.29, 1.82) is 0 Å². The number of rotatable bonds is 3. The number of nitrogens with two attached hydrogens (primary N) is 1. The zero-order valence-corrected chi connectivity index (χ0v) is 14.7. The largest absolute Gasteiger partial charge is 0.381 e. The summed E-state index contributed by atoms with van der Waals surface area (Å²) in [5, 5.41) is 6.83. The molecule has 1 saturated heterocycles. The third-order valence-corrected chi connectivity index (χ3v) is 4.69. The molecule has 3 aromatic rings. The van der Waals surface area contributed by atoms with Crippen LogP contribution < -0.4 is 16.0 Å². The van der Waals surface area contributed by atoms with Gasteiger partial charge in [-0.3, -0.25) is 9.78 Å². The molecule has 27 heavy (non-hydrogen) atoms. The fourth-order valence-corrected chi connectivity index (χ4v) is 3.40. The summed E-state index contributed by atoms with van der Waals surface area (Å²) in [5.74, 6) is -1.02. The Bertz CT molecular complexity index is 979. The van der Waals surface area contributed by atoms with Crippen molar-refractivity contribution in [3.63, 3.8) is 0 Å². The molecule has 0 aliphatic carbocycles. The molecular formula is C18H20FN7O. The molecule has 9 heteroatoms. The van der Waals surface area contributed by atoms with E-state index in [4.69, 9.17) is 5.73 Å². The van der Waals surface area contributed by atoms with Crippen LogP contribution in [0, 0.1) is 5.82 Å². The lowest BCUT2D eigenvalue weighted by Crippen LogP contribution is -2.26. The average molecular weight is 369 g/mol. The molecule has 0 aromatic carbocycles. The van der Waals surface area contributed by atoms with Gasteiger partial charge in [0.2, 0.25) is 0 Å². The van der Waals surface area contributed by atoms with E-state index in [1.807, 2.05) is 6.07 Å². The van der Waals surface area contributed by atoms with E-state index < -0.39 is 11.7 Å². The number of nitrogens with one attached hydrogen (secondary N) is 1. The Morgan fingerprint density at radius 3 is 2.74 bits per heavy atom. The molecule has 4 heterocycles. The second-order valence-corrected chi connectivity index (χ2v) is 6.55. The summed E-state index contributed by atoms with van der Waals surface area (Å²) < 4.78 is 14.5. The zero-order chi connectivity index (χ0) is 18.8. The van der Waals surface area contributed by atoms with Crippen molar-refractivity contribution in [2.75, 3.05) is 29.0 Å². The maximum absolute atomic E-state index is 13.3. The molecule has 3 N–H and O–H groups in total. The van der Waals surface area contributed by atoms with E-state index in [9.17, 15) is 9.18 Å². The number of anilines is 3. The number of hydrogen-bond acceptors (Lipinski definition) is 6. The molecule has 8 nitrogen and oxygen atoms in total. The lowest BCUT2D eigenvalue weighted by molar-refractivity contribution is 0.102. The molecule has 1 aliphatic heterocycles. The van der Waals surface area contributed by atoms with E-state index in [0.717, 1.165) is 44.0 Å². The lowest BCUT2D eigenvalue weighted by Gasteiger charge is -2.25. The molecule has 0 unspecified atom stereocenters. The number of nitrogens with zero attached hydrogens (tertiary/aromatic N) is 5. The number of carbonyl (C=O) groups excluding carboxylic acids is 1. The van der Waals surface area contributed by atoms with Gasteiger partial charge in [0, 0.05) is 19.3 Å². The highest BCUT2D eigenvalue weighted by molar-refractivity contribution is 6.12. The number of carbonyl (C=O) groups is 1. The van der Waals surface area contributed by atoms with Gasteiger partial charge in [-0.1, -0.05) is 12.8 Å². The molecular weight excluding hydrogens is 349 g/mol. The summed E-state index contributed by atoms with van der Waals surface area (Å²) >= 11 is 0. The molecule has 3 aromatic heterocycles. The third-order valence-electron chi connectivity index (χ3n) is 4.69. The maximum Gasteiger partial charge on any atom is 0.263 e. The number of halogens is 1. The normalized spacial score (nSPS) is 14.9. The second-order valence-electron chi connectivity index (χ2n) is 6.55. The highest BCUT2D eigenvalue weighted by Gasteiger charge is 2.22. The first kappa shape index (κ1) is 17.2. The minimum Gasteiger partial charge on any atom is -0.381 e. The third kappa shape index (κ3) is 3.40. The highest BCUT2D eigenvalue weighted by Crippen LogP contribution is 2.28. The van der Waals surface area contributed by atoms with Crippen LogP contribution in [0.1, 0.15) is 36.0 Å². The van der Waals surface area contributed by atoms with Gasteiger partial charge in [-0.25, -0.2) is 13.9 Å². The average Bonchev–Trinajstić information content (AvgIpc) is 2.82. The minimum atomic E-state index is -0.562. The maximum atomic E-state index is 13.3. The Labute approximate surface area is 155 Å². The topological polar surface area (TPSA) is 101 Å². The highest BCUT2D eigenvalue weighted by atomic mass is 19.1. The minimum absolute atomic E-state index is 0.00851. The number of amides is 1. The van der Waals surface area contributed by atoms with E-state index in [2.05, 4.69) is 25.3 Å². The molecule has 1 fully saturated rings. The molecule has 0 saturated carbocycles. The van der Waals surface area contributed by atoms with Crippen LogP contribution in [0.15, 0.2) is 30.9 Å². The molecule has 4 rings (SSSR count). The van der Waals surface area contributed by atoms with Crippen molar-refractivity contribution in [2.45, 2.75) is 25.7 Å². The van der Waals surface area contributed by atoms with Gasteiger partial charge >= 0.3 is 0 Å². The van der Waals surface area contributed by atoms with Crippen LogP contribution >= 0.6 is 0 Å². The molecule has 0 atom stereocenters. The van der Waals surface area contributed by atoms with Crippen molar-refractivity contribution < 1.29 is 9.18 Å². The van der Waals surface area contributed by atoms with Crippen LogP contribution in [0.2, 0.25) is 0 Å². The molecule has 1 amide bonds. The number of fused-ring (bicyclic) bond motifs is 1. The predicted molar refractivity (Wildman–Crippen MR) is 100 cm³/mol. The standard InChI is InChI=1S/C18H20FN7O/c19-12-9-22-17-15(16(20)24-26(17)11-12)18(27)23-13-10-21-6-5-14(13)25-7-3-1-2-4-8-25/h5-6,9-11H,1-4,7-8H2,(H2,20,24)(H,23,27). The van der Waals surface area contributed by atoms with Gasteiger partial charge in [0.05, 0.1) is 30.0 Å². The Morgan fingerprint density at radius 1 is 1.19 bits per heavy atom. The van der Waals surface area contributed by atoms with E-state index in [1.165, 1.54) is 17.4 Å². The van der Waals surface area contributed by atoms with Gasteiger partial charge in [-0.2, -0.15) is 0 Å². The van der Waals surface area contributed by atoms with Crippen LogP contribution in [-0.2, 0) is 0 Å². The van der Waals surface area contributed by atoms with E-state index in [-0.39, 0.29) is 17.0 Å². The van der Waals surface area contributed by atoms with Crippen LogP contribution in [0.25, 0.3) is 5.65 Å². The molecule has 0 bridgehead atoms. The summed E-state index contributed by atoms with van der Waals surface area (Å²) in [4.78, 5) is 23.2. The SMILES string of the molecule is Nc1nn2cc(F)cnc2c1C(=O)Nc1cnccc1N1CCCCCC1. The first-order valence-electron chi connectivity index (χ1n) is 8.93. The predicted octanol–water partition coefficient (Wildman–Crippen LogP) is 2.48. The fourth-order valence-electron chi connectivity index (χ4n) is 3.40. The number of nitrogen functional groups attached to an aromatic ring is 1. The first-order valence-corrected chi connectivity index (χ1v) is 8.93. The monoisotopic (exact) mass is 369 g/mol. The van der Waals surface area contributed by atoms with Gasteiger partial charge in [-0.15, -0.1) is 5.10 Å². The second kappa shape index (κ2) is 7.18. The first-order chi connectivity index (χ1) is 13.1. The van der Waals surface area contributed by atoms with Crippen LogP contribution in [0.4, 0.5) is 21.6 Å². The summed E-state index contributed by atoms with van der Waals surface area (Å²) in [5.41, 5.74) is 7.72. The Morgan fingerprint density at radius 2 is 1.96 bits per heavy atom. The van der Waals surface area contributed by atoms with Crippen molar-refractivity contribution in [3.05, 3.63) is 42.2 Å². The van der Waals surface area contributed by atoms with Crippen molar-refractivity contribution >= 4 is 28.7 Å². The van der Waals surface area contributed by atoms with Gasteiger partial charge < -0.3 is 16.0 Å². The quantitative estimate of drug-likeness (QED) is 0.735. The summed E-state index contributed by atoms with van der Waals surface area (Å²) in [7, 11) is 0. The Balaban J connectivity index is 1.65. The molecule has 1 aliphatic rings. The number of aromatic nitrogens is 4. The van der Waals surface area contributed by atoms with Gasteiger partial charge in [-0.05, 0) is 18.9 Å². The smallest absolute Gasteiger partial charge is 0.263 e. The zero-order valence-electron chi connectivity index (χ0n) is 14.7. The van der Waals surface area contributed by atoms with E-state index >= 15 is 0 Å². The lowest BCUT2D eigenvalue weighted by atomic mass is 10.2. The number of pyridine rings is 1. The van der Waals surface area contributed by atoms with E-state index in [1.54, 1.807) is 12.4 Å². The van der Waals surface area contributed by atoms with Crippen molar-refractivity contribution in [1.82, 2.24) is 19.6 Å². The van der Waals surface area contributed by atoms with Crippen molar-refractivity contribution in [3.8, 4) is 0 Å². The molecule has 0 radical (unpaired) electrons. The van der Waals surface area contributed by atoms with Crippen LogP contribution in [-0.4, -0.2) is 38.6 Å². The summed E-state index contributed by atoms with van der Waals surface area (Å²) in [6.07, 6.45) is 10.1. The molecule has 140 valence electrons.